The fraction of sp³-hybridized carbons (Fsp3) is 0.0556. The molecule has 0 aliphatic carbocycles. The second-order valence-electron chi connectivity index (χ2n) is 5.57. The van der Waals surface area contributed by atoms with E-state index in [1.807, 2.05) is 10.5 Å². The lowest BCUT2D eigenvalue weighted by Crippen LogP contribution is -2.13. The maximum Gasteiger partial charge on any atom is 0.259 e. The number of nitrogens with one attached hydrogen (secondary N) is 1. The molecule has 3 heterocycles. The Bertz CT molecular complexity index is 1080. The van der Waals surface area contributed by atoms with Crippen molar-refractivity contribution in [1.82, 2.24) is 19.2 Å². The predicted molar refractivity (Wildman–Crippen MR) is 91.4 cm³/mol. The fourth-order valence-corrected chi connectivity index (χ4v) is 2.69. The molecule has 1 N–H and O–H groups in total. The van der Waals surface area contributed by atoms with E-state index in [1.54, 1.807) is 49.8 Å². The van der Waals surface area contributed by atoms with Crippen molar-refractivity contribution in [1.29, 1.82) is 0 Å². The van der Waals surface area contributed by atoms with Gasteiger partial charge >= 0.3 is 0 Å². The summed E-state index contributed by atoms with van der Waals surface area (Å²) in [7, 11) is 0. The van der Waals surface area contributed by atoms with Crippen molar-refractivity contribution < 1.29 is 9.18 Å². The molecule has 0 saturated heterocycles. The van der Waals surface area contributed by atoms with Gasteiger partial charge in [0.15, 0.2) is 0 Å². The van der Waals surface area contributed by atoms with Crippen LogP contribution >= 0.6 is 0 Å². The minimum atomic E-state index is -0.397. The SMILES string of the molecule is Cc1c(C(=O)Nc2ccc3nccn3c2)cnn1-c1ccccc1F. The minimum Gasteiger partial charge on any atom is -0.321 e. The molecule has 0 aliphatic heterocycles. The van der Waals surface area contributed by atoms with Gasteiger partial charge in [-0.25, -0.2) is 14.1 Å². The van der Waals surface area contributed by atoms with Crippen LogP contribution in [0.15, 0.2) is 61.2 Å². The topological polar surface area (TPSA) is 64.2 Å². The lowest BCUT2D eigenvalue weighted by atomic mass is 10.2. The normalized spacial score (nSPS) is 11.0. The summed E-state index contributed by atoms with van der Waals surface area (Å²) in [5.41, 5.74) is 2.68. The van der Waals surface area contributed by atoms with Gasteiger partial charge in [0.05, 0.1) is 23.1 Å². The third kappa shape index (κ3) is 2.65. The van der Waals surface area contributed by atoms with Crippen LogP contribution in [0, 0.1) is 12.7 Å². The molecule has 0 spiro atoms. The number of carbonyl (C=O) groups is 1. The molecule has 3 aromatic heterocycles. The van der Waals surface area contributed by atoms with Crippen molar-refractivity contribution in [2.24, 2.45) is 0 Å². The van der Waals surface area contributed by atoms with E-state index in [9.17, 15) is 9.18 Å². The number of rotatable bonds is 3. The molecule has 4 rings (SSSR count). The quantitative estimate of drug-likeness (QED) is 0.625. The summed E-state index contributed by atoms with van der Waals surface area (Å²) in [6.07, 6.45) is 6.69. The minimum absolute atomic E-state index is 0.305. The van der Waals surface area contributed by atoms with Gasteiger partial charge in [0, 0.05) is 18.6 Å². The average Bonchev–Trinajstić information content (AvgIpc) is 3.21. The molecular formula is C18H14FN5O. The highest BCUT2D eigenvalue weighted by Gasteiger charge is 2.17. The van der Waals surface area contributed by atoms with E-state index < -0.39 is 5.82 Å². The second kappa shape index (κ2) is 5.86. The van der Waals surface area contributed by atoms with E-state index in [4.69, 9.17) is 0 Å². The van der Waals surface area contributed by atoms with E-state index in [2.05, 4.69) is 15.4 Å². The Morgan fingerprint density at radius 3 is 2.88 bits per heavy atom. The smallest absolute Gasteiger partial charge is 0.259 e. The van der Waals surface area contributed by atoms with Crippen LogP contribution in [0.1, 0.15) is 16.1 Å². The molecule has 0 aliphatic rings. The number of hydrogen-bond acceptors (Lipinski definition) is 3. The van der Waals surface area contributed by atoms with Crippen molar-refractivity contribution in [3.63, 3.8) is 0 Å². The molecule has 0 atom stereocenters. The van der Waals surface area contributed by atoms with Crippen LogP contribution in [-0.2, 0) is 0 Å². The highest BCUT2D eigenvalue weighted by molar-refractivity contribution is 6.04. The number of anilines is 1. The number of para-hydroxylation sites is 1. The molecule has 0 radical (unpaired) electrons. The number of pyridine rings is 1. The molecule has 4 aromatic rings. The van der Waals surface area contributed by atoms with Crippen LogP contribution in [0.4, 0.5) is 10.1 Å². The Balaban J connectivity index is 1.63. The summed E-state index contributed by atoms with van der Waals surface area (Å²) < 4.78 is 17.2. The molecule has 0 bridgehead atoms. The summed E-state index contributed by atoms with van der Waals surface area (Å²) in [5, 5.41) is 6.98. The Hall–Kier alpha value is -3.48. The maximum absolute atomic E-state index is 14.0. The first-order valence-corrected chi connectivity index (χ1v) is 7.67. The van der Waals surface area contributed by atoms with E-state index in [0.29, 0.717) is 22.6 Å². The number of nitrogens with zero attached hydrogens (tertiary/aromatic N) is 4. The van der Waals surface area contributed by atoms with E-state index in [-0.39, 0.29) is 5.91 Å². The number of halogens is 1. The molecule has 124 valence electrons. The summed E-state index contributed by atoms with van der Waals surface area (Å²) in [5.74, 6) is -0.703. The Kier molecular flexibility index (Phi) is 3.53. The van der Waals surface area contributed by atoms with Gasteiger partial charge in [-0.1, -0.05) is 12.1 Å². The lowest BCUT2D eigenvalue weighted by Gasteiger charge is -2.07. The molecule has 0 fully saturated rings. The molecular weight excluding hydrogens is 321 g/mol. The van der Waals surface area contributed by atoms with Crippen molar-refractivity contribution >= 4 is 17.2 Å². The van der Waals surface area contributed by atoms with Crippen LogP contribution in [0.2, 0.25) is 0 Å². The highest BCUT2D eigenvalue weighted by atomic mass is 19.1. The molecule has 6 nitrogen and oxygen atoms in total. The van der Waals surface area contributed by atoms with Crippen LogP contribution < -0.4 is 5.32 Å². The Morgan fingerprint density at radius 1 is 1.20 bits per heavy atom. The second-order valence-corrected chi connectivity index (χ2v) is 5.57. The molecule has 1 aromatic carbocycles. The van der Waals surface area contributed by atoms with Gasteiger partial charge in [-0.3, -0.25) is 4.79 Å². The largest absolute Gasteiger partial charge is 0.321 e. The zero-order valence-electron chi connectivity index (χ0n) is 13.3. The van der Waals surface area contributed by atoms with Crippen molar-refractivity contribution in [3.05, 3.63) is 78.3 Å². The van der Waals surface area contributed by atoms with Crippen molar-refractivity contribution in [3.8, 4) is 5.69 Å². The number of amides is 1. The number of benzene rings is 1. The highest BCUT2D eigenvalue weighted by Crippen LogP contribution is 2.18. The van der Waals surface area contributed by atoms with E-state index >= 15 is 0 Å². The summed E-state index contributed by atoms with van der Waals surface area (Å²) in [4.78, 5) is 16.7. The molecule has 1 amide bonds. The summed E-state index contributed by atoms with van der Waals surface area (Å²) in [6, 6.07) is 9.89. The van der Waals surface area contributed by atoms with Crippen molar-refractivity contribution in [2.75, 3.05) is 5.32 Å². The zero-order valence-corrected chi connectivity index (χ0v) is 13.3. The van der Waals surface area contributed by atoms with Gasteiger partial charge < -0.3 is 9.72 Å². The van der Waals surface area contributed by atoms with Gasteiger partial charge in [0.1, 0.15) is 17.2 Å². The van der Waals surface area contributed by atoms with Gasteiger partial charge in [0.2, 0.25) is 0 Å². The first-order chi connectivity index (χ1) is 12.1. The molecule has 25 heavy (non-hydrogen) atoms. The van der Waals surface area contributed by atoms with E-state index in [0.717, 1.165) is 5.65 Å². The van der Waals surface area contributed by atoms with Gasteiger partial charge in [-0.05, 0) is 31.2 Å². The molecule has 7 heteroatoms. The molecule has 0 saturated carbocycles. The Morgan fingerprint density at radius 2 is 2.04 bits per heavy atom. The first kappa shape index (κ1) is 15.1. The predicted octanol–water partition coefficient (Wildman–Crippen LogP) is 3.22. The molecule has 0 unspecified atom stereocenters. The van der Waals surface area contributed by atoms with E-state index in [1.165, 1.54) is 16.9 Å². The third-order valence-corrected chi connectivity index (χ3v) is 3.98. The van der Waals surface area contributed by atoms with Crippen LogP contribution in [0.5, 0.6) is 0 Å². The number of carbonyl (C=O) groups excluding carboxylic acids is 1. The van der Waals surface area contributed by atoms with Gasteiger partial charge in [0.25, 0.3) is 5.91 Å². The number of aromatic nitrogens is 4. The van der Waals surface area contributed by atoms with Gasteiger partial charge in [-0.15, -0.1) is 0 Å². The number of imidazole rings is 1. The average molecular weight is 335 g/mol. The first-order valence-electron chi connectivity index (χ1n) is 7.67. The Labute approximate surface area is 142 Å². The number of fused-ring (bicyclic) bond motifs is 1. The summed E-state index contributed by atoms with van der Waals surface area (Å²) >= 11 is 0. The van der Waals surface area contributed by atoms with Crippen molar-refractivity contribution in [2.45, 2.75) is 6.92 Å². The van der Waals surface area contributed by atoms with Crippen LogP contribution in [0.25, 0.3) is 11.3 Å². The third-order valence-electron chi connectivity index (χ3n) is 3.98. The zero-order chi connectivity index (χ0) is 17.4. The van der Waals surface area contributed by atoms with Gasteiger partial charge in [-0.2, -0.15) is 5.10 Å². The van der Waals surface area contributed by atoms with Crippen LogP contribution in [0.3, 0.4) is 0 Å². The summed E-state index contributed by atoms with van der Waals surface area (Å²) in [6.45, 7) is 1.73. The lowest BCUT2D eigenvalue weighted by molar-refractivity contribution is 0.102. The number of hydrogen-bond donors (Lipinski definition) is 1. The standard InChI is InChI=1S/C18H14FN5O/c1-12-14(10-21-24(12)16-5-3-2-4-15(16)19)18(25)22-13-6-7-17-20-8-9-23(17)11-13/h2-11H,1H3,(H,22,25). The monoisotopic (exact) mass is 335 g/mol. The fourth-order valence-electron chi connectivity index (χ4n) is 2.69. The maximum atomic E-state index is 14.0. The van der Waals surface area contributed by atoms with Crippen LogP contribution in [-0.4, -0.2) is 25.1 Å².